The van der Waals surface area contributed by atoms with Gasteiger partial charge in [0.2, 0.25) is 0 Å². The molecular weight excluding hydrogens is 288 g/mol. The van der Waals surface area contributed by atoms with Gasteiger partial charge in [-0.3, -0.25) is 14.4 Å². The van der Waals surface area contributed by atoms with Gasteiger partial charge in [-0.25, -0.2) is 0 Å². The van der Waals surface area contributed by atoms with Crippen molar-refractivity contribution in [2.75, 3.05) is 0 Å². The molecule has 0 N–H and O–H groups in total. The molecule has 0 rings (SSSR count). The van der Waals surface area contributed by atoms with Crippen molar-refractivity contribution in [1.82, 2.24) is 0 Å². The summed E-state index contributed by atoms with van der Waals surface area (Å²) in [4.78, 5) is 33.5. The monoisotopic (exact) mass is 326 g/mol. The van der Waals surface area contributed by atoms with E-state index >= 15 is 0 Å². The van der Waals surface area contributed by atoms with E-state index in [-0.39, 0.29) is 18.0 Å². The molecule has 0 fully saturated rings. The second kappa shape index (κ2) is 13.4. The number of hydrogen-bond acceptors (Lipinski definition) is 3. The Labute approximate surface area is 143 Å². The van der Waals surface area contributed by atoms with Gasteiger partial charge in [0.1, 0.15) is 17.3 Å². The molecule has 0 aromatic carbocycles. The number of ketones is 3. The molecule has 23 heavy (non-hydrogen) atoms. The highest BCUT2D eigenvalue weighted by Gasteiger charge is 2.12. The van der Waals surface area contributed by atoms with E-state index in [1.807, 2.05) is 27.7 Å². The summed E-state index contributed by atoms with van der Waals surface area (Å²) in [7, 11) is 0. The maximum absolute atomic E-state index is 11.2. The molecule has 0 aliphatic heterocycles. The van der Waals surface area contributed by atoms with Crippen molar-refractivity contribution in [2.45, 2.75) is 87.5 Å². The molecule has 3 heteroatoms. The normalized spacial score (nSPS) is 11.0. The van der Waals surface area contributed by atoms with Gasteiger partial charge in [-0.2, -0.15) is 0 Å². The number of rotatable bonds is 10. The first-order valence-corrected chi connectivity index (χ1v) is 8.99. The fraction of sp³-hybridized carbons (Fsp3) is 0.850. The van der Waals surface area contributed by atoms with Crippen molar-refractivity contribution < 1.29 is 14.4 Å². The molecule has 0 spiro atoms. The van der Waals surface area contributed by atoms with Crippen LogP contribution in [0, 0.1) is 23.7 Å². The lowest BCUT2D eigenvalue weighted by Gasteiger charge is -2.05. The summed E-state index contributed by atoms with van der Waals surface area (Å²) in [5, 5.41) is 0. The van der Waals surface area contributed by atoms with Gasteiger partial charge in [-0.05, 0) is 23.7 Å². The van der Waals surface area contributed by atoms with Crippen LogP contribution in [0.2, 0.25) is 0 Å². The average Bonchev–Trinajstić information content (AvgIpc) is 2.23. The molecule has 0 heterocycles. The van der Waals surface area contributed by atoms with E-state index < -0.39 is 0 Å². The lowest BCUT2D eigenvalue weighted by Crippen LogP contribution is -2.11. The Hall–Kier alpha value is -0.990. The van der Waals surface area contributed by atoms with E-state index in [4.69, 9.17) is 0 Å². The maximum atomic E-state index is 11.2. The van der Waals surface area contributed by atoms with E-state index in [9.17, 15) is 14.4 Å². The standard InChI is InChI=1S/C11H20O2.C9H18O/c1-8(2)5-10(12)7-11(13)6-9(3)4;1-7(2)5-9(10)6-8(3)4/h8-9H,5-7H2,1-4H3;7-8H,5-6H2,1-4H3. The van der Waals surface area contributed by atoms with Crippen molar-refractivity contribution in [1.29, 1.82) is 0 Å². The van der Waals surface area contributed by atoms with Gasteiger partial charge in [0.15, 0.2) is 0 Å². The highest BCUT2D eigenvalue weighted by molar-refractivity contribution is 5.99. The molecule has 0 aliphatic rings. The zero-order valence-corrected chi connectivity index (χ0v) is 16.6. The Balaban J connectivity index is 0. The van der Waals surface area contributed by atoms with Crippen LogP contribution >= 0.6 is 0 Å². The lowest BCUT2D eigenvalue weighted by molar-refractivity contribution is -0.127. The van der Waals surface area contributed by atoms with Gasteiger partial charge in [-0.1, -0.05) is 55.4 Å². The van der Waals surface area contributed by atoms with Crippen molar-refractivity contribution >= 4 is 17.3 Å². The summed E-state index contributed by atoms with van der Waals surface area (Å²) >= 11 is 0. The SMILES string of the molecule is CC(C)CC(=O)CC(=O)CC(C)C.CC(C)CC(=O)CC(C)C. The third-order valence-electron chi connectivity index (χ3n) is 2.94. The van der Waals surface area contributed by atoms with Crippen LogP contribution in [0.3, 0.4) is 0 Å². The fourth-order valence-corrected chi connectivity index (χ4v) is 2.27. The van der Waals surface area contributed by atoms with E-state index in [0.717, 1.165) is 12.8 Å². The third kappa shape index (κ3) is 21.0. The third-order valence-corrected chi connectivity index (χ3v) is 2.94. The maximum Gasteiger partial charge on any atom is 0.140 e. The Kier molecular flexibility index (Phi) is 14.2. The molecule has 0 aromatic rings. The molecule has 0 amide bonds. The Morgan fingerprint density at radius 1 is 0.478 bits per heavy atom. The van der Waals surface area contributed by atoms with Crippen LogP contribution in [0.25, 0.3) is 0 Å². The summed E-state index contributed by atoms with van der Waals surface area (Å²) in [6.07, 6.45) is 2.69. The Bertz CT molecular complexity index is 320. The Morgan fingerprint density at radius 2 is 0.696 bits per heavy atom. The molecule has 0 saturated heterocycles. The first kappa shape index (κ1) is 24.3. The highest BCUT2D eigenvalue weighted by atomic mass is 16.1. The quantitative estimate of drug-likeness (QED) is 0.515. The van der Waals surface area contributed by atoms with Crippen LogP contribution in [-0.4, -0.2) is 17.3 Å². The predicted molar refractivity (Wildman–Crippen MR) is 97.5 cm³/mol. The number of Topliss-reactive ketones (excluding diaryl/α,β-unsaturated/α-hetero) is 3. The minimum absolute atomic E-state index is 0.0839. The topological polar surface area (TPSA) is 51.2 Å². The molecule has 136 valence electrons. The Morgan fingerprint density at radius 3 is 0.913 bits per heavy atom. The zero-order chi connectivity index (χ0) is 18.6. The predicted octanol–water partition coefficient (Wildman–Crippen LogP) is 5.25. The second-order valence-electron chi connectivity index (χ2n) is 8.18. The summed E-state index contributed by atoms with van der Waals surface area (Å²) in [5.74, 6) is 2.34. The summed E-state index contributed by atoms with van der Waals surface area (Å²) in [6.45, 7) is 16.3. The fourth-order valence-electron chi connectivity index (χ4n) is 2.27. The van der Waals surface area contributed by atoms with Crippen LogP contribution in [0.15, 0.2) is 0 Å². The molecule has 0 aliphatic carbocycles. The minimum Gasteiger partial charge on any atom is -0.300 e. The molecule has 0 bridgehead atoms. The number of carbonyl (C=O) groups excluding carboxylic acids is 3. The molecule has 0 saturated carbocycles. The van der Waals surface area contributed by atoms with Gasteiger partial charge in [0.25, 0.3) is 0 Å². The lowest BCUT2D eigenvalue weighted by atomic mass is 9.99. The smallest absolute Gasteiger partial charge is 0.140 e. The molecular formula is C20H38O3. The second-order valence-corrected chi connectivity index (χ2v) is 8.18. The molecule has 0 atom stereocenters. The van der Waals surface area contributed by atoms with E-state index in [1.165, 1.54) is 0 Å². The first-order valence-electron chi connectivity index (χ1n) is 8.99. The zero-order valence-electron chi connectivity index (χ0n) is 16.6. The van der Waals surface area contributed by atoms with Crippen molar-refractivity contribution in [3.05, 3.63) is 0 Å². The van der Waals surface area contributed by atoms with E-state index in [1.54, 1.807) is 0 Å². The summed E-state index contributed by atoms with van der Waals surface area (Å²) in [6, 6.07) is 0. The van der Waals surface area contributed by atoms with Crippen LogP contribution in [0.4, 0.5) is 0 Å². The van der Waals surface area contributed by atoms with Crippen molar-refractivity contribution in [3.8, 4) is 0 Å². The summed E-state index contributed by atoms with van der Waals surface area (Å²) < 4.78 is 0. The van der Waals surface area contributed by atoms with Gasteiger partial charge in [-0.15, -0.1) is 0 Å². The summed E-state index contributed by atoms with van der Waals surface area (Å²) in [5.41, 5.74) is 0. The number of carbonyl (C=O) groups is 3. The van der Waals surface area contributed by atoms with Gasteiger partial charge in [0.05, 0.1) is 6.42 Å². The van der Waals surface area contributed by atoms with Gasteiger partial charge in [0, 0.05) is 25.7 Å². The van der Waals surface area contributed by atoms with Gasteiger partial charge >= 0.3 is 0 Å². The number of hydrogen-bond donors (Lipinski definition) is 0. The molecule has 3 nitrogen and oxygen atoms in total. The van der Waals surface area contributed by atoms with Crippen LogP contribution < -0.4 is 0 Å². The van der Waals surface area contributed by atoms with Crippen LogP contribution in [0.5, 0.6) is 0 Å². The molecule has 0 radical (unpaired) electrons. The highest BCUT2D eigenvalue weighted by Crippen LogP contribution is 2.08. The first-order chi connectivity index (χ1) is 10.4. The molecule has 0 unspecified atom stereocenters. The average molecular weight is 327 g/mol. The molecule has 0 aromatic heterocycles. The van der Waals surface area contributed by atoms with Crippen LogP contribution in [0.1, 0.15) is 87.5 Å². The largest absolute Gasteiger partial charge is 0.300 e. The van der Waals surface area contributed by atoms with Crippen LogP contribution in [-0.2, 0) is 14.4 Å². The minimum atomic E-state index is 0.0839. The van der Waals surface area contributed by atoms with Crippen molar-refractivity contribution in [3.63, 3.8) is 0 Å². The van der Waals surface area contributed by atoms with Crippen molar-refractivity contribution in [2.24, 2.45) is 23.7 Å². The van der Waals surface area contributed by atoms with E-state index in [0.29, 0.717) is 42.3 Å². The van der Waals surface area contributed by atoms with Gasteiger partial charge < -0.3 is 0 Å². The van der Waals surface area contributed by atoms with E-state index in [2.05, 4.69) is 27.7 Å².